The number of anilines is 1. The van der Waals surface area contributed by atoms with Crippen molar-refractivity contribution in [2.45, 2.75) is 33.2 Å². The monoisotopic (exact) mass is 463 g/mol. The fraction of sp³-hybridized carbons (Fsp3) is 0.320. The fourth-order valence-corrected chi connectivity index (χ4v) is 5.36. The maximum atomic E-state index is 13.4. The highest BCUT2D eigenvalue weighted by molar-refractivity contribution is 7.22. The average Bonchev–Trinajstić information content (AvgIpc) is 3.39. The van der Waals surface area contributed by atoms with E-state index < -0.39 is 0 Å². The number of halogens is 1. The van der Waals surface area contributed by atoms with Crippen molar-refractivity contribution in [2.75, 3.05) is 18.0 Å². The van der Waals surface area contributed by atoms with Crippen molar-refractivity contribution < 1.29 is 9.18 Å². The van der Waals surface area contributed by atoms with Gasteiger partial charge < -0.3 is 10.2 Å². The summed E-state index contributed by atoms with van der Waals surface area (Å²) in [6, 6.07) is 14.5. The number of fused-ring (bicyclic) bond motifs is 1. The Morgan fingerprint density at radius 2 is 2.03 bits per heavy atom. The SMILES string of the molecule is Cc1cccc(CNC(=O)[C@H]2CCCN(c3nc4c(s3)c(C)nn4-c3ccc(F)cc3)C2)c1. The zero-order valence-electron chi connectivity index (χ0n) is 18.7. The van der Waals surface area contributed by atoms with Gasteiger partial charge in [-0.2, -0.15) is 10.1 Å². The third kappa shape index (κ3) is 4.48. The predicted octanol–water partition coefficient (Wildman–Crippen LogP) is 4.77. The van der Waals surface area contributed by atoms with Gasteiger partial charge >= 0.3 is 0 Å². The molecule has 0 aliphatic carbocycles. The van der Waals surface area contributed by atoms with Crippen molar-refractivity contribution in [1.82, 2.24) is 20.1 Å². The lowest BCUT2D eigenvalue weighted by molar-refractivity contribution is -0.125. The number of nitrogens with one attached hydrogen (secondary N) is 1. The number of rotatable bonds is 5. The van der Waals surface area contributed by atoms with E-state index in [1.165, 1.54) is 17.7 Å². The van der Waals surface area contributed by atoms with E-state index in [4.69, 9.17) is 4.98 Å². The summed E-state index contributed by atoms with van der Waals surface area (Å²) in [4.78, 5) is 20.0. The molecule has 2 aromatic heterocycles. The highest BCUT2D eigenvalue weighted by Gasteiger charge is 2.28. The lowest BCUT2D eigenvalue weighted by Crippen LogP contribution is -2.43. The lowest BCUT2D eigenvalue weighted by Gasteiger charge is -2.31. The molecule has 3 heterocycles. The molecule has 0 spiro atoms. The van der Waals surface area contributed by atoms with Crippen LogP contribution >= 0.6 is 11.3 Å². The molecular formula is C25H26FN5OS. The third-order valence-corrected chi connectivity index (χ3v) is 7.27. The molecule has 6 nitrogen and oxygen atoms in total. The first-order chi connectivity index (χ1) is 16.0. The largest absolute Gasteiger partial charge is 0.352 e. The van der Waals surface area contributed by atoms with Crippen LogP contribution < -0.4 is 10.2 Å². The maximum Gasteiger partial charge on any atom is 0.225 e. The van der Waals surface area contributed by atoms with E-state index in [0.717, 1.165) is 51.8 Å². The van der Waals surface area contributed by atoms with Gasteiger partial charge in [0.25, 0.3) is 0 Å². The Balaban J connectivity index is 1.32. The van der Waals surface area contributed by atoms with Gasteiger partial charge in [0, 0.05) is 19.6 Å². The second-order valence-corrected chi connectivity index (χ2v) is 9.59. The van der Waals surface area contributed by atoms with Crippen LogP contribution in [0.3, 0.4) is 0 Å². The van der Waals surface area contributed by atoms with Crippen LogP contribution in [0.2, 0.25) is 0 Å². The second kappa shape index (κ2) is 8.94. The molecular weight excluding hydrogens is 437 g/mol. The number of benzene rings is 2. The second-order valence-electron chi connectivity index (χ2n) is 8.61. The Bertz CT molecular complexity index is 1300. The first-order valence-electron chi connectivity index (χ1n) is 11.2. The van der Waals surface area contributed by atoms with Crippen molar-refractivity contribution in [3.05, 3.63) is 71.2 Å². The van der Waals surface area contributed by atoms with Gasteiger partial charge in [0.15, 0.2) is 10.8 Å². The Morgan fingerprint density at radius 1 is 1.21 bits per heavy atom. The lowest BCUT2D eigenvalue weighted by atomic mass is 9.97. The van der Waals surface area contributed by atoms with Crippen LogP contribution in [0.4, 0.5) is 9.52 Å². The zero-order valence-corrected chi connectivity index (χ0v) is 19.5. The molecule has 0 bridgehead atoms. The molecule has 0 unspecified atom stereocenters. The molecule has 0 radical (unpaired) electrons. The van der Waals surface area contributed by atoms with E-state index in [2.05, 4.69) is 34.4 Å². The number of carbonyl (C=O) groups is 1. The number of carbonyl (C=O) groups excluding carboxylic acids is 1. The summed E-state index contributed by atoms with van der Waals surface area (Å²) in [6.07, 6.45) is 1.82. The van der Waals surface area contributed by atoms with Crippen LogP contribution in [0.5, 0.6) is 0 Å². The minimum Gasteiger partial charge on any atom is -0.352 e. The molecule has 33 heavy (non-hydrogen) atoms. The standard InChI is InChI=1S/C25H26FN5OS/c1-16-5-3-6-18(13-16)14-27-24(32)19-7-4-12-30(15-19)25-28-23-22(33-25)17(2)29-31(23)21-10-8-20(26)9-11-21/h3,5-6,8-11,13,19H,4,7,12,14-15H2,1-2H3,(H,27,32)/t19-/m0/s1. The summed E-state index contributed by atoms with van der Waals surface area (Å²) in [5.41, 5.74) is 4.74. The molecule has 1 aliphatic rings. The third-order valence-electron chi connectivity index (χ3n) is 6.06. The van der Waals surface area contributed by atoms with Crippen molar-refractivity contribution in [3.63, 3.8) is 0 Å². The van der Waals surface area contributed by atoms with E-state index in [1.807, 2.05) is 19.1 Å². The summed E-state index contributed by atoms with van der Waals surface area (Å²) in [5.74, 6) is -0.251. The quantitative estimate of drug-likeness (QED) is 0.463. The number of nitrogens with zero attached hydrogens (tertiary/aromatic N) is 4. The van der Waals surface area contributed by atoms with Gasteiger partial charge in [-0.15, -0.1) is 0 Å². The zero-order chi connectivity index (χ0) is 22.9. The van der Waals surface area contributed by atoms with Gasteiger partial charge in [-0.3, -0.25) is 4.79 Å². The molecule has 170 valence electrons. The molecule has 0 saturated carbocycles. The minimum absolute atomic E-state index is 0.0646. The van der Waals surface area contributed by atoms with Crippen molar-refractivity contribution in [1.29, 1.82) is 0 Å². The normalized spacial score (nSPS) is 16.3. The molecule has 4 aromatic rings. The summed E-state index contributed by atoms with van der Waals surface area (Å²) in [7, 11) is 0. The first kappa shape index (κ1) is 21.6. The van der Waals surface area contributed by atoms with E-state index in [0.29, 0.717) is 13.1 Å². The van der Waals surface area contributed by atoms with Gasteiger partial charge in [0.1, 0.15) is 5.82 Å². The maximum absolute atomic E-state index is 13.4. The minimum atomic E-state index is -0.280. The molecule has 1 amide bonds. The summed E-state index contributed by atoms with van der Waals surface area (Å²) in [6.45, 7) is 6.09. The Morgan fingerprint density at radius 3 is 2.82 bits per heavy atom. The molecule has 8 heteroatoms. The van der Waals surface area contributed by atoms with Crippen molar-refractivity contribution in [3.8, 4) is 5.69 Å². The summed E-state index contributed by atoms with van der Waals surface area (Å²) < 4.78 is 16.1. The summed E-state index contributed by atoms with van der Waals surface area (Å²) in [5, 5.41) is 8.60. The van der Waals surface area contributed by atoms with Crippen LogP contribution in [0.25, 0.3) is 16.0 Å². The fourth-order valence-electron chi connectivity index (χ4n) is 4.34. The molecule has 5 rings (SSSR count). The molecule has 1 fully saturated rings. The molecule has 1 atom stereocenters. The highest BCUT2D eigenvalue weighted by atomic mass is 32.1. The number of thiazole rings is 1. The number of aryl methyl sites for hydroxylation is 2. The van der Waals surface area contributed by atoms with Gasteiger partial charge in [0.05, 0.1) is 22.0 Å². The number of hydrogen-bond donors (Lipinski definition) is 1. The van der Waals surface area contributed by atoms with Crippen LogP contribution in [-0.2, 0) is 11.3 Å². The predicted molar refractivity (Wildman–Crippen MR) is 129 cm³/mol. The number of amides is 1. The molecule has 1 saturated heterocycles. The van der Waals surface area contributed by atoms with Crippen LogP contribution in [0, 0.1) is 25.6 Å². The number of piperidine rings is 1. The summed E-state index contributed by atoms with van der Waals surface area (Å²) >= 11 is 1.60. The first-order valence-corrected chi connectivity index (χ1v) is 12.0. The van der Waals surface area contributed by atoms with Crippen LogP contribution in [-0.4, -0.2) is 33.8 Å². The van der Waals surface area contributed by atoms with E-state index >= 15 is 0 Å². The Kier molecular flexibility index (Phi) is 5.85. The van der Waals surface area contributed by atoms with E-state index in [1.54, 1.807) is 28.2 Å². The van der Waals surface area contributed by atoms with Crippen LogP contribution in [0.1, 0.15) is 29.7 Å². The molecule has 1 aliphatic heterocycles. The highest BCUT2D eigenvalue weighted by Crippen LogP contribution is 2.34. The topological polar surface area (TPSA) is 63.1 Å². The Labute approximate surface area is 196 Å². The smallest absolute Gasteiger partial charge is 0.225 e. The van der Waals surface area contributed by atoms with Crippen molar-refractivity contribution in [2.24, 2.45) is 5.92 Å². The van der Waals surface area contributed by atoms with Gasteiger partial charge in [-0.1, -0.05) is 41.2 Å². The van der Waals surface area contributed by atoms with Gasteiger partial charge in [-0.05, 0) is 56.5 Å². The van der Waals surface area contributed by atoms with E-state index in [9.17, 15) is 9.18 Å². The number of aromatic nitrogens is 3. The average molecular weight is 464 g/mol. The molecule has 2 aromatic carbocycles. The van der Waals surface area contributed by atoms with Crippen LogP contribution in [0.15, 0.2) is 48.5 Å². The molecule has 1 N–H and O–H groups in total. The van der Waals surface area contributed by atoms with Gasteiger partial charge in [-0.25, -0.2) is 9.07 Å². The number of hydrogen-bond acceptors (Lipinski definition) is 5. The van der Waals surface area contributed by atoms with Crippen molar-refractivity contribution >= 4 is 32.7 Å². The van der Waals surface area contributed by atoms with Gasteiger partial charge in [0.2, 0.25) is 5.91 Å². The Hall–Kier alpha value is -3.26. The van der Waals surface area contributed by atoms with E-state index in [-0.39, 0.29) is 17.6 Å².